The van der Waals surface area contributed by atoms with E-state index in [2.05, 4.69) is 26.3 Å². The standard InChI is InChI=1S/C11H14BrF6N3/c1-3-4-19-7(8-6(12)5-20-21(8)2)9(10(13,14)15)11(16,17)18/h5,7,9,19H,3-4H2,1-2H3. The summed E-state index contributed by atoms with van der Waals surface area (Å²) < 4.78 is 78.8. The van der Waals surface area contributed by atoms with E-state index in [1.165, 1.54) is 13.2 Å². The number of nitrogens with one attached hydrogen (secondary N) is 1. The molecule has 10 heteroatoms. The Kier molecular flexibility index (Phi) is 5.70. The second kappa shape index (κ2) is 6.55. The molecule has 0 aromatic carbocycles. The van der Waals surface area contributed by atoms with E-state index >= 15 is 0 Å². The Morgan fingerprint density at radius 2 is 1.76 bits per heavy atom. The highest BCUT2D eigenvalue weighted by molar-refractivity contribution is 9.10. The number of alkyl halides is 6. The summed E-state index contributed by atoms with van der Waals surface area (Å²) in [6, 6.07) is -1.97. The van der Waals surface area contributed by atoms with Crippen molar-refractivity contribution in [3.63, 3.8) is 0 Å². The zero-order chi connectivity index (χ0) is 16.4. The Labute approximate surface area is 125 Å². The Bertz CT molecular complexity index is 434. The van der Waals surface area contributed by atoms with Crippen molar-refractivity contribution in [2.75, 3.05) is 6.54 Å². The normalized spacial score (nSPS) is 14.8. The minimum atomic E-state index is -5.42. The van der Waals surface area contributed by atoms with Crippen LogP contribution in [0.25, 0.3) is 0 Å². The quantitative estimate of drug-likeness (QED) is 0.782. The highest BCUT2D eigenvalue weighted by Crippen LogP contribution is 2.47. The molecule has 3 nitrogen and oxygen atoms in total. The zero-order valence-corrected chi connectivity index (χ0v) is 12.8. The molecule has 0 amide bonds. The number of rotatable bonds is 5. The average molecular weight is 382 g/mol. The summed E-state index contributed by atoms with van der Waals surface area (Å²) in [5, 5.41) is 6.02. The maximum atomic E-state index is 12.9. The molecule has 0 aliphatic heterocycles. The van der Waals surface area contributed by atoms with Crippen molar-refractivity contribution in [1.29, 1.82) is 0 Å². The molecule has 1 aromatic rings. The summed E-state index contributed by atoms with van der Waals surface area (Å²) in [5.41, 5.74) is -0.192. The molecule has 1 heterocycles. The van der Waals surface area contributed by atoms with Crippen LogP contribution in [0.2, 0.25) is 0 Å². The van der Waals surface area contributed by atoms with E-state index in [1.807, 2.05) is 0 Å². The van der Waals surface area contributed by atoms with Gasteiger partial charge in [-0.05, 0) is 28.9 Å². The molecule has 1 unspecified atom stereocenters. The molecule has 1 rings (SSSR count). The van der Waals surface area contributed by atoms with E-state index in [0.717, 1.165) is 4.68 Å². The second-order valence-corrected chi connectivity index (χ2v) is 5.35. The van der Waals surface area contributed by atoms with Gasteiger partial charge in [0.15, 0.2) is 5.92 Å². The second-order valence-electron chi connectivity index (χ2n) is 4.49. The first-order chi connectivity index (χ1) is 9.50. The van der Waals surface area contributed by atoms with Crippen molar-refractivity contribution >= 4 is 15.9 Å². The summed E-state index contributed by atoms with van der Waals surface area (Å²) in [4.78, 5) is 0. The number of halogens is 7. The monoisotopic (exact) mass is 381 g/mol. The number of aromatic nitrogens is 2. The van der Waals surface area contributed by atoms with Gasteiger partial charge >= 0.3 is 12.4 Å². The molecule has 122 valence electrons. The van der Waals surface area contributed by atoms with Crippen LogP contribution in [0.3, 0.4) is 0 Å². The molecule has 0 aliphatic carbocycles. The van der Waals surface area contributed by atoms with E-state index in [1.54, 1.807) is 6.92 Å². The molecular formula is C11H14BrF6N3. The van der Waals surface area contributed by atoms with Crippen molar-refractivity contribution in [2.24, 2.45) is 13.0 Å². The van der Waals surface area contributed by atoms with Gasteiger partial charge in [-0.25, -0.2) is 0 Å². The third-order valence-corrected chi connectivity index (χ3v) is 3.50. The van der Waals surface area contributed by atoms with E-state index < -0.39 is 24.3 Å². The lowest BCUT2D eigenvalue weighted by Crippen LogP contribution is -2.46. The number of aryl methyl sites for hydroxylation is 1. The molecule has 0 radical (unpaired) electrons. The van der Waals surface area contributed by atoms with Crippen LogP contribution in [0.4, 0.5) is 26.3 Å². The maximum absolute atomic E-state index is 12.9. The SMILES string of the molecule is CCCNC(c1c(Br)cnn1C)C(C(F)(F)F)C(F)(F)F. The van der Waals surface area contributed by atoms with Gasteiger partial charge in [0.25, 0.3) is 0 Å². The van der Waals surface area contributed by atoms with Crippen LogP contribution in [-0.4, -0.2) is 28.7 Å². The Hall–Kier alpha value is -0.770. The predicted octanol–water partition coefficient (Wildman–Crippen LogP) is 3.96. The Morgan fingerprint density at radius 3 is 2.10 bits per heavy atom. The van der Waals surface area contributed by atoms with Crippen molar-refractivity contribution in [2.45, 2.75) is 31.7 Å². The molecule has 0 aliphatic rings. The molecule has 0 bridgehead atoms. The molecule has 0 saturated carbocycles. The third-order valence-electron chi connectivity index (χ3n) is 2.89. The molecule has 21 heavy (non-hydrogen) atoms. The van der Waals surface area contributed by atoms with Gasteiger partial charge in [-0.2, -0.15) is 31.4 Å². The van der Waals surface area contributed by atoms with Crippen LogP contribution in [0.5, 0.6) is 0 Å². The van der Waals surface area contributed by atoms with Crippen LogP contribution in [0.1, 0.15) is 25.1 Å². The van der Waals surface area contributed by atoms with Crippen LogP contribution in [-0.2, 0) is 7.05 Å². The smallest absolute Gasteiger partial charge is 0.308 e. The Balaban J connectivity index is 3.34. The van der Waals surface area contributed by atoms with Gasteiger partial charge in [-0.3, -0.25) is 4.68 Å². The van der Waals surface area contributed by atoms with Crippen molar-refractivity contribution in [3.05, 3.63) is 16.4 Å². The van der Waals surface area contributed by atoms with Crippen LogP contribution < -0.4 is 5.32 Å². The average Bonchev–Trinajstić information content (AvgIpc) is 2.61. The molecule has 1 atom stereocenters. The van der Waals surface area contributed by atoms with Crippen LogP contribution >= 0.6 is 15.9 Å². The number of nitrogens with zero attached hydrogens (tertiary/aromatic N) is 2. The van der Waals surface area contributed by atoms with Gasteiger partial charge in [0, 0.05) is 7.05 Å². The van der Waals surface area contributed by atoms with Crippen molar-refractivity contribution in [3.8, 4) is 0 Å². The highest BCUT2D eigenvalue weighted by Gasteiger charge is 2.61. The van der Waals surface area contributed by atoms with E-state index in [0.29, 0.717) is 6.42 Å². The van der Waals surface area contributed by atoms with Gasteiger partial charge < -0.3 is 5.32 Å². The fourth-order valence-electron chi connectivity index (χ4n) is 2.01. The largest absolute Gasteiger partial charge is 0.402 e. The topological polar surface area (TPSA) is 29.9 Å². The first-order valence-corrected chi connectivity index (χ1v) is 6.83. The van der Waals surface area contributed by atoms with Gasteiger partial charge in [0.1, 0.15) is 0 Å². The van der Waals surface area contributed by atoms with E-state index in [-0.39, 0.29) is 16.7 Å². The van der Waals surface area contributed by atoms with E-state index in [9.17, 15) is 26.3 Å². The summed E-state index contributed by atoms with van der Waals surface area (Å²) in [6.07, 6.45) is -9.28. The summed E-state index contributed by atoms with van der Waals surface area (Å²) in [6.45, 7) is 1.67. The minimum Gasteiger partial charge on any atom is -0.308 e. The molecule has 0 saturated heterocycles. The summed E-state index contributed by atoms with van der Waals surface area (Å²) >= 11 is 2.95. The van der Waals surface area contributed by atoms with Crippen molar-refractivity contribution in [1.82, 2.24) is 15.1 Å². The fraction of sp³-hybridized carbons (Fsp3) is 0.727. The van der Waals surface area contributed by atoms with Crippen LogP contribution in [0, 0.1) is 5.92 Å². The van der Waals surface area contributed by atoms with Crippen LogP contribution in [0.15, 0.2) is 10.7 Å². The first-order valence-electron chi connectivity index (χ1n) is 6.04. The molecular weight excluding hydrogens is 368 g/mol. The first kappa shape index (κ1) is 18.3. The number of hydrogen-bond donors (Lipinski definition) is 1. The molecule has 1 N–H and O–H groups in total. The Morgan fingerprint density at radius 1 is 1.24 bits per heavy atom. The van der Waals surface area contributed by atoms with Gasteiger partial charge in [-0.15, -0.1) is 0 Å². The molecule has 0 spiro atoms. The zero-order valence-electron chi connectivity index (χ0n) is 11.2. The lowest BCUT2D eigenvalue weighted by molar-refractivity contribution is -0.293. The van der Waals surface area contributed by atoms with Crippen molar-refractivity contribution < 1.29 is 26.3 Å². The maximum Gasteiger partial charge on any atom is 0.402 e. The fourth-order valence-corrected chi connectivity index (χ4v) is 2.60. The molecule has 1 aromatic heterocycles. The van der Waals surface area contributed by atoms with Gasteiger partial charge in [0.05, 0.1) is 22.4 Å². The minimum absolute atomic E-state index is 0.0188. The van der Waals surface area contributed by atoms with E-state index in [4.69, 9.17) is 0 Å². The van der Waals surface area contributed by atoms with Gasteiger partial charge in [0.2, 0.25) is 0 Å². The summed E-state index contributed by atoms with van der Waals surface area (Å²) in [7, 11) is 1.30. The van der Waals surface area contributed by atoms with Gasteiger partial charge in [-0.1, -0.05) is 6.92 Å². The third kappa shape index (κ3) is 4.35. The lowest BCUT2D eigenvalue weighted by Gasteiger charge is -2.31. The predicted molar refractivity (Wildman–Crippen MR) is 67.5 cm³/mol. The summed E-state index contributed by atoms with van der Waals surface area (Å²) in [5.74, 6) is -3.51. The highest BCUT2D eigenvalue weighted by atomic mass is 79.9. The molecule has 0 fully saturated rings. The lowest BCUT2D eigenvalue weighted by atomic mass is 9.95. The number of hydrogen-bond acceptors (Lipinski definition) is 2.